The third-order valence-electron chi connectivity index (χ3n) is 2.26. The van der Waals surface area contributed by atoms with Crippen molar-refractivity contribution >= 4 is 17.8 Å². The molecule has 0 radical (unpaired) electrons. The van der Waals surface area contributed by atoms with Gasteiger partial charge in [-0.2, -0.15) is 0 Å². The Kier molecular flexibility index (Phi) is 3.22. The number of amides is 2. The molecule has 1 rings (SSSR count). The second kappa shape index (κ2) is 4.21. The van der Waals surface area contributed by atoms with Crippen molar-refractivity contribution in [3.63, 3.8) is 0 Å². The highest BCUT2D eigenvalue weighted by Crippen LogP contribution is 2.13. The van der Waals surface area contributed by atoms with E-state index in [0.29, 0.717) is 19.3 Å². The third-order valence-corrected chi connectivity index (χ3v) is 2.26. The van der Waals surface area contributed by atoms with Crippen LogP contribution in [0.3, 0.4) is 0 Å². The summed E-state index contributed by atoms with van der Waals surface area (Å²) in [6.45, 7) is 1.48. The minimum absolute atomic E-state index is 0.00694. The molecule has 0 aliphatic carbocycles. The average molecular weight is 199 g/mol. The smallest absolute Gasteiger partial charge is 0.308 e. The number of imide groups is 1. The van der Waals surface area contributed by atoms with Gasteiger partial charge < -0.3 is 5.11 Å². The molecule has 1 atom stereocenters. The van der Waals surface area contributed by atoms with Crippen molar-refractivity contribution in [1.29, 1.82) is 0 Å². The molecule has 2 amide bonds. The van der Waals surface area contributed by atoms with Gasteiger partial charge in [-0.05, 0) is 6.42 Å². The standard InChI is InChI=1S/C9H13NO4/c1-6(9(13)14)5-10-7(11)3-2-4-8(10)12/h6H,2-5H2,1H3,(H,13,14). The maximum absolute atomic E-state index is 11.3. The van der Waals surface area contributed by atoms with Gasteiger partial charge in [0.1, 0.15) is 0 Å². The van der Waals surface area contributed by atoms with Crippen LogP contribution in [-0.2, 0) is 14.4 Å². The van der Waals surface area contributed by atoms with E-state index in [-0.39, 0.29) is 18.4 Å². The Labute approximate surface area is 81.7 Å². The maximum Gasteiger partial charge on any atom is 0.308 e. The number of carboxylic acid groups (broad SMARTS) is 1. The highest BCUT2D eigenvalue weighted by atomic mass is 16.4. The predicted octanol–water partition coefficient (Wildman–Crippen LogP) is 0.246. The molecule has 1 saturated heterocycles. The molecular weight excluding hydrogens is 186 g/mol. The molecule has 5 nitrogen and oxygen atoms in total. The van der Waals surface area contributed by atoms with E-state index in [1.54, 1.807) is 0 Å². The SMILES string of the molecule is CC(CN1C(=O)CCCC1=O)C(=O)O. The molecule has 0 bridgehead atoms. The Balaban J connectivity index is 2.61. The van der Waals surface area contributed by atoms with Gasteiger partial charge in [-0.15, -0.1) is 0 Å². The molecular formula is C9H13NO4. The molecule has 0 aromatic carbocycles. The Morgan fingerprint density at radius 3 is 2.36 bits per heavy atom. The summed E-state index contributed by atoms with van der Waals surface area (Å²) in [5, 5.41) is 8.64. The minimum Gasteiger partial charge on any atom is -0.481 e. The average Bonchev–Trinajstić information content (AvgIpc) is 2.11. The van der Waals surface area contributed by atoms with E-state index < -0.39 is 11.9 Å². The van der Waals surface area contributed by atoms with Gasteiger partial charge in [-0.3, -0.25) is 19.3 Å². The molecule has 0 aromatic heterocycles. The lowest BCUT2D eigenvalue weighted by atomic mass is 10.1. The largest absolute Gasteiger partial charge is 0.481 e. The molecule has 1 unspecified atom stereocenters. The molecule has 1 fully saturated rings. The van der Waals surface area contributed by atoms with Crippen molar-refractivity contribution in [3.05, 3.63) is 0 Å². The van der Waals surface area contributed by atoms with Gasteiger partial charge in [0.05, 0.1) is 5.92 Å². The van der Waals surface area contributed by atoms with Crippen LogP contribution in [-0.4, -0.2) is 34.3 Å². The lowest BCUT2D eigenvalue weighted by Gasteiger charge is -2.26. The van der Waals surface area contributed by atoms with Crippen LogP contribution in [0, 0.1) is 5.92 Å². The Morgan fingerprint density at radius 2 is 1.93 bits per heavy atom. The summed E-state index contributed by atoms with van der Waals surface area (Å²) in [7, 11) is 0. The van der Waals surface area contributed by atoms with E-state index in [1.807, 2.05) is 0 Å². The molecule has 0 aromatic rings. The zero-order valence-electron chi connectivity index (χ0n) is 8.02. The number of piperidine rings is 1. The van der Waals surface area contributed by atoms with E-state index in [9.17, 15) is 14.4 Å². The summed E-state index contributed by atoms with van der Waals surface area (Å²) in [6.07, 6.45) is 1.27. The van der Waals surface area contributed by atoms with Crippen molar-refractivity contribution in [1.82, 2.24) is 4.90 Å². The lowest BCUT2D eigenvalue weighted by Crippen LogP contribution is -2.43. The maximum atomic E-state index is 11.3. The number of aliphatic carboxylic acids is 1. The molecule has 0 saturated carbocycles. The summed E-state index contributed by atoms with van der Waals surface area (Å²) in [6, 6.07) is 0. The molecule has 1 heterocycles. The minimum atomic E-state index is -0.990. The topological polar surface area (TPSA) is 74.7 Å². The number of hydrogen-bond acceptors (Lipinski definition) is 3. The van der Waals surface area contributed by atoms with Crippen molar-refractivity contribution in [2.24, 2.45) is 5.92 Å². The molecule has 1 aliphatic rings. The van der Waals surface area contributed by atoms with Crippen LogP contribution in [0.25, 0.3) is 0 Å². The zero-order chi connectivity index (χ0) is 10.7. The van der Waals surface area contributed by atoms with Gasteiger partial charge in [0.25, 0.3) is 0 Å². The summed E-state index contributed by atoms with van der Waals surface area (Å²) in [4.78, 5) is 34.1. The number of carbonyl (C=O) groups is 3. The van der Waals surface area contributed by atoms with Gasteiger partial charge >= 0.3 is 5.97 Å². The van der Waals surface area contributed by atoms with Gasteiger partial charge in [-0.25, -0.2) is 0 Å². The van der Waals surface area contributed by atoms with E-state index in [1.165, 1.54) is 6.92 Å². The van der Waals surface area contributed by atoms with Crippen molar-refractivity contribution in [2.75, 3.05) is 6.54 Å². The second-order valence-corrected chi connectivity index (χ2v) is 3.49. The van der Waals surface area contributed by atoms with Crippen LogP contribution in [0.1, 0.15) is 26.2 Å². The lowest BCUT2D eigenvalue weighted by molar-refractivity contribution is -0.150. The van der Waals surface area contributed by atoms with Gasteiger partial charge in [0.15, 0.2) is 0 Å². The van der Waals surface area contributed by atoms with Crippen LogP contribution < -0.4 is 0 Å². The Morgan fingerprint density at radius 1 is 1.43 bits per heavy atom. The fourth-order valence-corrected chi connectivity index (χ4v) is 1.36. The third kappa shape index (κ3) is 2.31. The first-order chi connectivity index (χ1) is 6.52. The molecule has 1 N–H and O–H groups in total. The predicted molar refractivity (Wildman–Crippen MR) is 47.4 cm³/mol. The number of rotatable bonds is 3. The van der Waals surface area contributed by atoms with Crippen molar-refractivity contribution in [3.8, 4) is 0 Å². The number of likely N-dealkylation sites (tertiary alicyclic amines) is 1. The van der Waals surface area contributed by atoms with E-state index in [4.69, 9.17) is 5.11 Å². The highest BCUT2D eigenvalue weighted by Gasteiger charge is 2.28. The van der Waals surface area contributed by atoms with Crippen LogP contribution in [0.5, 0.6) is 0 Å². The summed E-state index contributed by atoms with van der Waals surface area (Å²) in [5.74, 6) is -2.19. The number of carbonyl (C=O) groups excluding carboxylic acids is 2. The van der Waals surface area contributed by atoms with Gasteiger partial charge in [-0.1, -0.05) is 6.92 Å². The van der Waals surface area contributed by atoms with E-state index >= 15 is 0 Å². The molecule has 0 spiro atoms. The normalized spacial score (nSPS) is 19.6. The molecule has 78 valence electrons. The first-order valence-corrected chi connectivity index (χ1v) is 4.58. The van der Waals surface area contributed by atoms with Crippen molar-refractivity contribution in [2.45, 2.75) is 26.2 Å². The van der Waals surface area contributed by atoms with Crippen LogP contribution in [0.4, 0.5) is 0 Å². The summed E-state index contributed by atoms with van der Waals surface area (Å²) < 4.78 is 0. The fourth-order valence-electron chi connectivity index (χ4n) is 1.36. The monoisotopic (exact) mass is 199 g/mol. The molecule has 5 heteroatoms. The quantitative estimate of drug-likeness (QED) is 0.661. The number of carboxylic acids is 1. The molecule has 1 aliphatic heterocycles. The second-order valence-electron chi connectivity index (χ2n) is 3.49. The van der Waals surface area contributed by atoms with E-state index in [0.717, 1.165) is 4.90 Å². The Hall–Kier alpha value is -1.39. The van der Waals surface area contributed by atoms with Crippen LogP contribution in [0.15, 0.2) is 0 Å². The zero-order valence-corrected chi connectivity index (χ0v) is 8.02. The van der Waals surface area contributed by atoms with Gasteiger partial charge in [0.2, 0.25) is 11.8 Å². The number of nitrogens with zero attached hydrogens (tertiary/aromatic N) is 1. The van der Waals surface area contributed by atoms with Crippen molar-refractivity contribution < 1.29 is 19.5 Å². The van der Waals surface area contributed by atoms with Crippen LogP contribution >= 0.6 is 0 Å². The van der Waals surface area contributed by atoms with E-state index in [2.05, 4.69) is 0 Å². The fraction of sp³-hybridized carbons (Fsp3) is 0.667. The summed E-state index contributed by atoms with van der Waals surface area (Å²) >= 11 is 0. The highest BCUT2D eigenvalue weighted by molar-refractivity contribution is 5.97. The Bertz CT molecular complexity index is 258. The van der Waals surface area contributed by atoms with Crippen LogP contribution in [0.2, 0.25) is 0 Å². The first kappa shape index (κ1) is 10.7. The molecule has 14 heavy (non-hydrogen) atoms. The van der Waals surface area contributed by atoms with Gasteiger partial charge in [0, 0.05) is 19.4 Å². The number of hydrogen-bond donors (Lipinski definition) is 1. The summed E-state index contributed by atoms with van der Waals surface area (Å²) in [5.41, 5.74) is 0. The first-order valence-electron chi connectivity index (χ1n) is 4.58.